The second-order valence-corrected chi connectivity index (χ2v) is 5.31. The van der Waals surface area contributed by atoms with Gasteiger partial charge in [0.1, 0.15) is 11.6 Å². The van der Waals surface area contributed by atoms with Crippen LogP contribution in [-0.4, -0.2) is 31.1 Å². The lowest BCUT2D eigenvalue weighted by Crippen LogP contribution is -2.39. The highest BCUT2D eigenvalue weighted by Gasteiger charge is 2.33. The molecule has 0 radical (unpaired) electrons. The average molecular weight is 497 g/mol. The molecule has 0 aliphatic rings. The van der Waals surface area contributed by atoms with Crippen molar-refractivity contribution in [2.24, 2.45) is 4.99 Å². The maximum absolute atomic E-state index is 13.1. The summed E-state index contributed by atoms with van der Waals surface area (Å²) in [4.78, 5) is 7.73. The standard InChI is InChI=1S/C17H19F4N5.HI/c1-22-16(26-11-12-4-2-5-13(18)10-12)25-9-8-24-15-14(17(19,20)21)6-3-7-23-15;/h2-7,10H,8-9,11H2,1H3,(H,23,24)(H2,22,25,26);1H. The van der Waals surface area contributed by atoms with Crippen molar-refractivity contribution in [1.82, 2.24) is 15.6 Å². The summed E-state index contributed by atoms with van der Waals surface area (Å²) in [5, 5.41) is 8.61. The van der Waals surface area contributed by atoms with Crippen molar-refractivity contribution in [3.63, 3.8) is 0 Å². The first-order chi connectivity index (χ1) is 12.4. The van der Waals surface area contributed by atoms with E-state index in [1.54, 1.807) is 19.2 Å². The van der Waals surface area contributed by atoms with Gasteiger partial charge in [-0.2, -0.15) is 13.2 Å². The van der Waals surface area contributed by atoms with Crippen LogP contribution in [0.5, 0.6) is 0 Å². The van der Waals surface area contributed by atoms with Crippen LogP contribution in [0.4, 0.5) is 23.4 Å². The Labute approximate surface area is 171 Å². The van der Waals surface area contributed by atoms with Gasteiger partial charge >= 0.3 is 6.18 Å². The summed E-state index contributed by atoms with van der Waals surface area (Å²) in [6.45, 7) is 0.890. The largest absolute Gasteiger partial charge is 0.419 e. The molecule has 2 rings (SSSR count). The minimum absolute atomic E-state index is 0. The van der Waals surface area contributed by atoms with Gasteiger partial charge in [0.25, 0.3) is 0 Å². The first kappa shape index (κ1) is 22.9. The zero-order valence-electron chi connectivity index (χ0n) is 14.5. The summed E-state index contributed by atoms with van der Waals surface area (Å²) in [6.07, 6.45) is -3.17. The number of benzene rings is 1. The number of hydrogen-bond donors (Lipinski definition) is 3. The van der Waals surface area contributed by atoms with Gasteiger partial charge in [0.2, 0.25) is 0 Å². The molecule has 0 amide bonds. The van der Waals surface area contributed by atoms with Gasteiger partial charge in [-0.05, 0) is 29.8 Å². The highest BCUT2D eigenvalue weighted by Crippen LogP contribution is 2.33. The first-order valence-electron chi connectivity index (χ1n) is 7.85. The molecule has 1 aromatic heterocycles. The predicted molar refractivity (Wildman–Crippen MR) is 108 cm³/mol. The molecule has 0 saturated carbocycles. The Morgan fingerprint density at radius 3 is 2.56 bits per heavy atom. The fourth-order valence-corrected chi connectivity index (χ4v) is 2.19. The summed E-state index contributed by atoms with van der Waals surface area (Å²) in [6, 6.07) is 8.35. The number of rotatable bonds is 6. The second-order valence-electron chi connectivity index (χ2n) is 5.31. The lowest BCUT2D eigenvalue weighted by Gasteiger charge is -2.15. The number of halogens is 5. The molecule has 27 heavy (non-hydrogen) atoms. The number of nitrogens with zero attached hydrogens (tertiary/aromatic N) is 2. The highest BCUT2D eigenvalue weighted by atomic mass is 127. The minimum atomic E-state index is -4.47. The second kappa shape index (κ2) is 10.9. The van der Waals surface area contributed by atoms with Crippen molar-refractivity contribution in [3.8, 4) is 0 Å². The van der Waals surface area contributed by atoms with Gasteiger partial charge in [0.15, 0.2) is 5.96 Å². The molecule has 0 spiro atoms. The van der Waals surface area contributed by atoms with Gasteiger partial charge in [-0.25, -0.2) is 9.37 Å². The van der Waals surface area contributed by atoms with E-state index in [0.29, 0.717) is 19.0 Å². The number of alkyl halides is 3. The molecule has 0 aliphatic heterocycles. The maximum Gasteiger partial charge on any atom is 0.419 e. The van der Waals surface area contributed by atoms with Gasteiger partial charge < -0.3 is 16.0 Å². The number of guanidine groups is 1. The molecule has 3 N–H and O–H groups in total. The van der Waals surface area contributed by atoms with Gasteiger partial charge in [-0.3, -0.25) is 4.99 Å². The van der Waals surface area contributed by atoms with Gasteiger partial charge in [0.05, 0.1) is 5.56 Å². The molecular weight excluding hydrogens is 477 g/mol. The van der Waals surface area contributed by atoms with Crippen molar-refractivity contribution < 1.29 is 17.6 Å². The van der Waals surface area contributed by atoms with Crippen LogP contribution in [0.15, 0.2) is 47.6 Å². The molecular formula is C17H20F4IN5. The fraction of sp³-hybridized carbons (Fsp3) is 0.294. The SMILES string of the molecule is CN=C(NCCNc1ncccc1C(F)(F)F)NCc1cccc(F)c1.I. The minimum Gasteiger partial charge on any atom is -0.368 e. The van der Waals surface area contributed by atoms with Gasteiger partial charge in [-0.1, -0.05) is 12.1 Å². The Hall–Kier alpha value is -2.11. The van der Waals surface area contributed by atoms with E-state index in [4.69, 9.17) is 0 Å². The maximum atomic E-state index is 13.1. The van der Waals surface area contributed by atoms with Crippen molar-refractivity contribution in [1.29, 1.82) is 0 Å². The van der Waals surface area contributed by atoms with Crippen LogP contribution in [-0.2, 0) is 12.7 Å². The van der Waals surface area contributed by atoms with Crippen molar-refractivity contribution in [3.05, 3.63) is 59.5 Å². The lowest BCUT2D eigenvalue weighted by atomic mass is 10.2. The third kappa shape index (κ3) is 7.57. The normalized spacial score (nSPS) is 11.5. The first-order valence-corrected chi connectivity index (χ1v) is 7.85. The highest BCUT2D eigenvalue weighted by molar-refractivity contribution is 14.0. The molecule has 0 unspecified atom stereocenters. The van der Waals surface area contributed by atoms with Crippen molar-refractivity contribution in [2.45, 2.75) is 12.7 Å². The van der Waals surface area contributed by atoms with Gasteiger partial charge in [0, 0.05) is 32.9 Å². The third-order valence-corrected chi connectivity index (χ3v) is 3.40. The van der Waals surface area contributed by atoms with Crippen LogP contribution in [0.3, 0.4) is 0 Å². The molecule has 0 fully saturated rings. The van der Waals surface area contributed by atoms with Crippen molar-refractivity contribution in [2.75, 3.05) is 25.5 Å². The van der Waals surface area contributed by atoms with Crippen LogP contribution in [0.1, 0.15) is 11.1 Å². The zero-order chi connectivity index (χ0) is 19.0. The number of pyridine rings is 1. The quantitative estimate of drug-likeness (QED) is 0.188. The lowest BCUT2D eigenvalue weighted by molar-refractivity contribution is -0.137. The van der Waals surface area contributed by atoms with Crippen LogP contribution in [0.2, 0.25) is 0 Å². The van der Waals surface area contributed by atoms with E-state index in [0.717, 1.165) is 11.6 Å². The van der Waals surface area contributed by atoms with Crippen LogP contribution in [0.25, 0.3) is 0 Å². The van der Waals surface area contributed by atoms with Crippen molar-refractivity contribution >= 4 is 35.8 Å². The predicted octanol–water partition coefficient (Wildman–Crippen LogP) is 3.63. The number of hydrogen-bond acceptors (Lipinski definition) is 3. The Balaban J connectivity index is 0.00000364. The molecule has 0 atom stereocenters. The van der Waals surface area contributed by atoms with E-state index in [1.165, 1.54) is 24.4 Å². The topological polar surface area (TPSA) is 61.3 Å². The molecule has 2 aromatic rings. The summed E-state index contributed by atoms with van der Waals surface area (Å²) < 4.78 is 51.8. The Morgan fingerprint density at radius 2 is 1.89 bits per heavy atom. The number of anilines is 1. The van der Waals surface area contributed by atoms with E-state index in [-0.39, 0.29) is 42.2 Å². The van der Waals surface area contributed by atoms with Crippen LogP contribution >= 0.6 is 24.0 Å². The Bertz CT molecular complexity index is 752. The number of aromatic nitrogens is 1. The Morgan fingerprint density at radius 1 is 1.11 bits per heavy atom. The van der Waals surface area contributed by atoms with E-state index < -0.39 is 11.7 Å². The van der Waals surface area contributed by atoms with E-state index in [9.17, 15) is 17.6 Å². The Kier molecular flexibility index (Phi) is 9.26. The van der Waals surface area contributed by atoms with Gasteiger partial charge in [-0.15, -0.1) is 24.0 Å². The summed E-state index contributed by atoms with van der Waals surface area (Å²) >= 11 is 0. The monoisotopic (exact) mass is 497 g/mol. The number of nitrogens with one attached hydrogen (secondary N) is 3. The average Bonchev–Trinajstić information content (AvgIpc) is 2.60. The molecule has 1 aromatic carbocycles. The summed E-state index contributed by atoms with van der Waals surface area (Å²) in [5.41, 5.74) is -0.0667. The molecule has 0 bridgehead atoms. The molecule has 10 heteroatoms. The van der Waals surface area contributed by atoms with Crippen LogP contribution in [0, 0.1) is 5.82 Å². The third-order valence-electron chi connectivity index (χ3n) is 3.40. The molecule has 1 heterocycles. The fourth-order valence-electron chi connectivity index (χ4n) is 2.19. The molecule has 148 valence electrons. The smallest absolute Gasteiger partial charge is 0.368 e. The zero-order valence-corrected chi connectivity index (χ0v) is 16.8. The number of aliphatic imine (C=N–C) groups is 1. The molecule has 5 nitrogen and oxygen atoms in total. The van der Waals surface area contributed by atoms with Crippen LogP contribution < -0.4 is 16.0 Å². The van der Waals surface area contributed by atoms with E-state index >= 15 is 0 Å². The van der Waals surface area contributed by atoms with E-state index in [1.807, 2.05) is 0 Å². The summed E-state index contributed by atoms with van der Waals surface area (Å²) in [5.74, 6) is -0.0927. The van der Waals surface area contributed by atoms with E-state index in [2.05, 4.69) is 25.9 Å². The molecule has 0 saturated heterocycles. The summed E-state index contributed by atoms with van der Waals surface area (Å²) in [7, 11) is 1.56. The molecule has 0 aliphatic carbocycles.